The number of piperazine rings is 1. The summed E-state index contributed by atoms with van der Waals surface area (Å²) in [6.07, 6.45) is 7.31. The van der Waals surface area contributed by atoms with Crippen LogP contribution in [0.25, 0.3) is 50.1 Å². The summed E-state index contributed by atoms with van der Waals surface area (Å²) >= 11 is 0. The van der Waals surface area contributed by atoms with Gasteiger partial charge in [-0.2, -0.15) is 5.10 Å². The molecular weight excluding hydrogens is 498 g/mol. The highest BCUT2D eigenvalue weighted by atomic mass is 15.3. The third-order valence-electron chi connectivity index (χ3n) is 7.48. The van der Waals surface area contributed by atoms with E-state index in [2.05, 4.69) is 61.0 Å². The van der Waals surface area contributed by atoms with E-state index < -0.39 is 0 Å². The molecule has 9 nitrogen and oxygen atoms in total. The van der Waals surface area contributed by atoms with Gasteiger partial charge in [0.05, 0.1) is 40.5 Å². The van der Waals surface area contributed by atoms with Crippen LogP contribution in [0.2, 0.25) is 0 Å². The molecule has 0 bridgehead atoms. The lowest BCUT2D eigenvalue weighted by Crippen LogP contribution is -2.44. The van der Waals surface area contributed by atoms with E-state index in [1.807, 2.05) is 61.1 Å². The molecule has 1 aliphatic rings. The molecule has 0 amide bonds. The molecule has 0 spiro atoms. The van der Waals surface area contributed by atoms with Crippen LogP contribution in [0.4, 0.5) is 11.5 Å². The fourth-order valence-corrected chi connectivity index (χ4v) is 5.25. The Hall–Kier alpha value is -5.02. The molecule has 3 N–H and O–H groups in total. The molecule has 0 radical (unpaired) electrons. The minimum Gasteiger partial charge on any atom is -0.354 e. The van der Waals surface area contributed by atoms with Gasteiger partial charge in [-0.05, 0) is 36.9 Å². The van der Waals surface area contributed by atoms with Crippen molar-refractivity contribution >= 4 is 39.0 Å². The molecule has 6 aromatic rings. The van der Waals surface area contributed by atoms with Crippen molar-refractivity contribution in [1.29, 1.82) is 0 Å². The van der Waals surface area contributed by atoms with Crippen molar-refractivity contribution in [1.82, 2.24) is 35.0 Å². The number of rotatable bonds is 6. The Kier molecular flexibility index (Phi) is 5.98. The molecule has 9 heteroatoms. The van der Waals surface area contributed by atoms with Crippen LogP contribution in [-0.2, 0) is 0 Å². The zero-order valence-electron chi connectivity index (χ0n) is 22.2. The standard InChI is InChI=1S/C31H29N9/c1-20(21-6-4-3-5-7-21)35-23-14-22(17-32-18-23)27-15-24-29(19-34-27)37-38-30(24)28-16-25-26(36-28)8-9-33-31(25)40-12-10-39(2)11-13-40/h3-9,14-19,35-36H,1,10-13H2,2H3,(H,37,38). The number of nitrogens with zero attached hydrogens (tertiary/aromatic N) is 6. The Morgan fingerprint density at radius 2 is 1.75 bits per heavy atom. The van der Waals surface area contributed by atoms with Gasteiger partial charge in [-0.15, -0.1) is 0 Å². The summed E-state index contributed by atoms with van der Waals surface area (Å²) in [4.78, 5) is 22.2. The highest BCUT2D eigenvalue weighted by Crippen LogP contribution is 2.34. The Morgan fingerprint density at radius 3 is 2.60 bits per heavy atom. The number of benzene rings is 1. The first-order valence-corrected chi connectivity index (χ1v) is 13.3. The average Bonchev–Trinajstić information content (AvgIpc) is 3.62. The van der Waals surface area contributed by atoms with Crippen LogP contribution in [0, 0.1) is 0 Å². The van der Waals surface area contributed by atoms with Crippen LogP contribution in [0.1, 0.15) is 5.56 Å². The van der Waals surface area contributed by atoms with E-state index in [0.717, 1.165) is 93.4 Å². The molecule has 1 aromatic carbocycles. The van der Waals surface area contributed by atoms with E-state index in [9.17, 15) is 0 Å². The molecule has 198 valence electrons. The molecule has 1 fully saturated rings. The first-order valence-electron chi connectivity index (χ1n) is 13.3. The van der Waals surface area contributed by atoms with Gasteiger partial charge in [0.2, 0.25) is 0 Å². The summed E-state index contributed by atoms with van der Waals surface area (Å²) in [5.74, 6) is 1.02. The van der Waals surface area contributed by atoms with Crippen LogP contribution < -0.4 is 10.2 Å². The zero-order chi connectivity index (χ0) is 27.1. The maximum Gasteiger partial charge on any atom is 0.138 e. The molecule has 0 atom stereocenters. The number of hydrogen-bond donors (Lipinski definition) is 3. The highest BCUT2D eigenvalue weighted by molar-refractivity contribution is 5.99. The lowest BCUT2D eigenvalue weighted by molar-refractivity contribution is 0.312. The molecule has 0 unspecified atom stereocenters. The SMILES string of the molecule is C=C(Nc1cncc(-c2cc3c(-c4cc5c(N6CCN(C)CC6)nccc5[nH]4)n[nH]c3cn2)c1)c1ccccc1. The minimum atomic E-state index is 0.810. The van der Waals surface area contributed by atoms with Crippen LogP contribution in [-0.4, -0.2) is 68.3 Å². The van der Waals surface area contributed by atoms with Gasteiger partial charge in [0.1, 0.15) is 11.5 Å². The van der Waals surface area contributed by atoms with E-state index in [1.54, 1.807) is 6.20 Å². The van der Waals surface area contributed by atoms with E-state index >= 15 is 0 Å². The van der Waals surface area contributed by atoms with Crippen LogP contribution in [0.5, 0.6) is 0 Å². The first kappa shape index (κ1) is 24.1. The Bertz CT molecular complexity index is 1830. The third-order valence-corrected chi connectivity index (χ3v) is 7.48. The molecule has 40 heavy (non-hydrogen) atoms. The fourth-order valence-electron chi connectivity index (χ4n) is 5.25. The molecule has 6 heterocycles. The van der Waals surface area contributed by atoms with Crippen LogP contribution >= 0.6 is 0 Å². The van der Waals surface area contributed by atoms with Gasteiger partial charge in [0.25, 0.3) is 0 Å². The van der Waals surface area contributed by atoms with E-state index in [0.29, 0.717) is 0 Å². The Morgan fingerprint density at radius 1 is 0.900 bits per heavy atom. The quantitative estimate of drug-likeness (QED) is 0.267. The van der Waals surface area contributed by atoms with Crippen LogP contribution in [0.3, 0.4) is 0 Å². The number of H-pyrrole nitrogens is 2. The summed E-state index contributed by atoms with van der Waals surface area (Å²) in [6, 6.07) is 18.3. The van der Waals surface area contributed by atoms with Crippen molar-refractivity contribution in [3.63, 3.8) is 0 Å². The molecule has 1 saturated heterocycles. The molecule has 1 aliphatic heterocycles. The topological polar surface area (TPSA) is 102 Å². The number of fused-ring (bicyclic) bond motifs is 2. The van der Waals surface area contributed by atoms with Crippen molar-refractivity contribution in [2.75, 3.05) is 43.4 Å². The Balaban J connectivity index is 1.21. The van der Waals surface area contributed by atoms with Crippen molar-refractivity contribution in [3.05, 3.63) is 91.5 Å². The zero-order valence-corrected chi connectivity index (χ0v) is 22.2. The summed E-state index contributed by atoms with van der Waals surface area (Å²) in [7, 11) is 2.16. The molecular formula is C31H29N9. The number of anilines is 2. The van der Waals surface area contributed by atoms with Gasteiger partial charge in [-0.3, -0.25) is 15.1 Å². The fraction of sp³-hybridized carbons (Fsp3) is 0.161. The predicted octanol–water partition coefficient (Wildman–Crippen LogP) is 5.40. The Labute approximate surface area is 231 Å². The summed E-state index contributed by atoms with van der Waals surface area (Å²) in [6.45, 7) is 8.16. The molecule has 5 aromatic heterocycles. The smallest absolute Gasteiger partial charge is 0.138 e. The predicted molar refractivity (Wildman–Crippen MR) is 161 cm³/mol. The second-order valence-corrected chi connectivity index (χ2v) is 10.2. The number of aromatic amines is 2. The van der Waals surface area contributed by atoms with E-state index in [4.69, 9.17) is 9.97 Å². The second-order valence-electron chi connectivity index (χ2n) is 10.2. The van der Waals surface area contributed by atoms with Gasteiger partial charge < -0.3 is 20.1 Å². The van der Waals surface area contributed by atoms with Gasteiger partial charge in [-0.25, -0.2) is 4.98 Å². The number of nitrogens with one attached hydrogen (secondary N) is 3. The maximum absolute atomic E-state index is 4.74. The summed E-state index contributed by atoms with van der Waals surface area (Å²) in [5.41, 5.74) is 8.10. The number of likely N-dealkylation sites (N-methyl/N-ethyl adjacent to an activating group) is 1. The normalized spacial score (nSPS) is 14.2. The van der Waals surface area contributed by atoms with Gasteiger partial charge in [0.15, 0.2) is 0 Å². The van der Waals surface area contributed by atoms with Gasteiger partial charge >= 0.3 is 0 Å². The lowest BCUT2D eigenvalue weighted by atomic mass is 10.1. The minimum absolute atomic E-state index is 0.810. The largest absolute Gasteiger partial charge is 0.354 e. The number of hydrogen-bond acceptors (Lipinski definition) is 7. The summed E-state index contributed by atoms with van der Waals surface area (Å²) in [5, 5.41) is 13.3. The molecule has 0 saturated carbocycles. The average molecular weight is 528 g/mol. The summed E-state index contributed by atoms with van der Waals surface area (Å²) < 4.78 is 0. The van der Waals surface area contributed by atoms with E-state index in [1.165, 1.54) is 0 Å². The highest BCUT2D eigenvalue weighted by Gasteiger charge is 2.20. The van der Waals surface area contributed by atoms with E-state index in [-0.39, 0.29) is 0 Å². The molecule has 0 aliphatic carbocycles. The van der Waals surface area contributed by atoms with Crippen LogP contribution in [0.15, 0.2) is 86.0 Å². The van der Waals surface area contributed by atoms with Crippen molar-refractivity contribution < 1.29 is 0 Å². The maximum atomic E-state index is 4.74. The third kappa shape index (κ3) is 4.46. The van der Waals surface area contributed by atoms with Crippen molar-refractivity contribution in [2.45, 2.75) is 0 Å². The van der Waals surface area contributed by atoms with Crippen molar-refractivity contribution in [2.24, 2.45) is 0 Å². The molecule has 7 rings (SSSR count). The lowest BCUT2D eigenvalue weighted by Gasteiger charge is -2.33. The van der Waals surface area contributed by atoms with Gasteiger partial charge in [0, 0.05) is 60.6 Å². The second kappa shape index (κ2) is 9.94. The van der Waals surface area contributed by atoms with Gasteiger partial charge in [-0.1, -0.05) is 36.9 Å². The van der Waals surface area contributed by atoms with Crippen molar-refractivity contribution in [3.8, 4) is 22.6 Å². The monoisotopic (exact) mass is 527 g/mol. The number of aromatic nitrogens is 6. The number of pyridine rings is 3. The first-order chi connectivity index (χ1) is 19.6.